The molecule has 0 aromatic carbocycles. The molecule has 0 fully saturated rings. The van der Waals surface area contributed by atoms with Crippen LogP contribution in [0.25, 0.3) is 11.4 Å². The van der Waals surface area contributed by atoms with E-state index in [4.69, 9.17) is 11.6 Å². The summed E-state index contributed by atoms with van der Waals surface area (Å²) in [7, 11) is 1.87. The first kappa shape index (κ1) is 11.1. The molecule has 84 valence electrons. The number of rotatable bonds is 2. The van der Waals surface area contributed by atoms with E-state index in [0.29, 0.717) is 5.15 Å². The molecule has 0 aliphatic carbocycles. The molecule has 4 nitrogen and oxygen atoms in total. The van der Waals surface area contributed by atoms with Crippen LogP contribution in [0.1, 0.15) is 25.6 Å². The van der Waals surface area contributed by atoms with E-state index in [1.54, 1.807) is 10.7 Å². The zero-order valence-corrected chi connectivity index (χ0v) is 10.2. The monoisotopic (exact) mass is 236 g/mol. The molecule has 5 heteroatoms. The molecule has 0 aliphatic heterocycles. The van der Waals surface area contributed by atoms with Gasteiger partial charge < -0.3 is 0 Å². The van der Waals surface area contributed by atoms with Crippen LogP contribution in [0.3, 0.4) is 0 Å². The maximum absolute atomic E-state index is 5.97. The number of hydrogen-bond acceptors (Lipinski definition) is 3. The quantitative estimate of drug-likeness (QED) is 0.753. The van der Waals surface area contributed by atoms with Gasteiger partial charge in [0.15, 0.2) is 0 Å². The Morgan fingerprint density at radius 1 is 1.25 bits per heavy atom. The molecule has 2 aromatic heterocycles. The molecular formula is C11H13ClN4. The maximum Gasteiger partial charge on any atom is 0.133 e. The van der Waals surface area contributed by atoms with Crippen molar-refractivity contribution < 1.29 is 0 Å². The van der Waals surface area contributed by atoms with Gasteiger partial charge in [0.25, 0.3) is 0 Å². The SMILES string of the molecule is CC(C)c1nc(Cl)cc(-c2ccn(C)n2)n1. The van der Waals surface area contributed by atoms with Crippen molar-refractivity contribution in [1.82, 2.24) is 19.7 Å². The van der Waals surface area contributed by atoms with Crippen molar-refractivity contribution in [2.45, 2.75) is 19.8 Å². The number of hydrogen-bond donors (Lipinski definition) is 0. The summed E-state index contributed by atoms with van der Waals surface area (Å²) in [6.45, 7) is 4.07. The summed E-state index contributed by atoms with van der Waals surface area (Å²) in [5.74, 6) is 0.995. The van der Waals surface area contributed by atoms with Crippen molar-refractivity contribution in [3.8, 4) is 11.4 Å². The van der Waals surface area contributed by atoms with Gasteiger partial charge in [0, 0.05) is 25.2 Å². The van der Waals surface area contributed by atoms with Crippen molar-refractivity contribution in [3.63, 3.8) is 0 Å². The van der Waals surface area contributed by atoms with Gasteiger partial charge in [-0.15, -0.1) is 0 Å². The molecule has 0 bridgehead atoms. The number of halogens is 1. The number of aryl methyl sites for hydroxylation is 1. The Balaban J connectivity index is 2.49. The highest BCUT2D eigenvalue weighted by atomic mass is 35.5. The fraction of sp³-hybridized carbons (Fsp3) is 0.364. The lowest BCUT2D eigenvalue weighted by Crippen LogP contribution is -2.00. The third kappa shape index (κ3) is 2.22. The van der Waals surface area contributed by atoms with Crippen molar-refractivity contribution >= 4 is 11.6 Å². The van der Waals surface area contributed by atoms with Crippen molar-refractivity contribution in [2.75, 3.05) is 0 Å². The highest BCUT2D eigenvalue weighted by Gasteiger charge is 2.10. The molecule has 0 atom stereocenters. The van der Waals surface area contributed by atoms with E-state index in [1.165, 1.54) is 0 Å². The zero-order chi connectivity index (χ0) is 11.7. The van der Waals surface area contributed by atoms with E-state index < -0.39 is 0 Å². The standard InChI is InChI=1S/C11H13ClN4/c1-7(2)11-13-9(6-10(12)14-11)8-4-5-16(3)15-8/h4-7H,1-3H3. The van der Waals surface area contributed by atoms with Crippen molar-refractivity contribution in [1.29, 1.82) is 0 Å². The minimum absolute atomic E-state index is 0.251. The topological polar surface area (TPSA) is 43.6 Å². The van der Waals surface area contributed by atoms with E-state index in [2.05, 4.69) is 15.1 Å². The van der Waals surface area contributed by atoms with Crippen LogP contribution in [0.4, 0.5) is 0 Å². The molecule has 0 radical (unpaired) electrons. The highest BCUT2D eigenvalue weighted by molar-refractivity contribution is 6.29. The molecule has 0 amide bonds. The van der Waals surface area contributed by atoms with Gasteiger partial charge in [0.05, 0.1) is 5.69 Å². The minimum Gasteiger partial charge on any atom is -0.275 e. The van der Waals surface area contributed by atoms with Gasteiger partial charge in [-0.1, -0.05) is 25.4 Å². The van der Waals surface area contributed by atoms with Gasteiger partial charge in [-0.25, -0.2) is 9.97 Å². The molecule has 2 aromatic rings. The summed E-state index contributed by atoms with van der Waals surface area (Å²) in [5, 5.41) is 4.75. The predicted octanol–water partition coefficient (Wildman–Crippen LogP) is 2.65. The Morgan fingerprint density at radius 3 is 2.56 bits per heavy atom. The molecule has 0 spiro atoms. The molecule has 0 N–H and O–H groups in total. The van der Waals surface area contributed by atoms with Gasteiger partial charge in [0.2, 0.25) is 0 Å². The first-order chi connectivity index (χ1) is 7.56. The lowest BCUT2D eigenvalue weighted by Gasteiger charge is -2.05. The molecule has 16 heavy (non-hydrogen) atoms. The second-order valence-corrected chi connectivity index (χ2v) is 4.35. The average molecular weight is 237 g/mol. The smallest absolute Gasteiger partial charge is 0.133 e. The van der Waals surface area contributed by atoms with Crippen molar-refractivity contribution in [3.05, 3.63) is 29.3 Å². The molecular weight excluding hydrogens is 224 g/mol. The van der Waals surface area contributed by atoms with Crippen LogP contribution in [-0.2, 0) is 7.05 Å². The summed E-state index contributed by atoms with van der Waals surface area (Å²) in [6, 6.07) is 3.64. The van der Waals surface area contributed by atoms with Crippen LogP contribution < -0.4 is 0 Å². The Kier molecular flexibility index (Phi) is 2.92. The fourth-order valence-corrected chi connectivity index (χ4v) is 1.57. The highest BCUT2D eigenvalue weighted by Crippen LogP contribution is 2.20. The number of aromatic nitrogens is 4. The van der Waals surface area contributed by atoms with Crippen LogP contribution >= 0.6 is 11.6 Å². The van der Waals surface area contributed by atoms with E-state index >= 15 is 0 Å². The number of nitrogens with zero attached hydrogens (tertiary/aromatic N) is 4. The van der Waals surface area contributed by atoms with E-state index in [-0.39, 0.29) is 5.92 Å². The second-order valence-electron chi connectivity index (χ2n) is 3.96. The van der Waals surface area contributed by atoms with Crippen LogP contribution in [0, 0.1) is 0 Å². The van der Waals surface area contributed by atoms with E-state index in [0.717, 1.165) is 17.2 Å². The van der Waals surface area contributed by atoms with Gasteiger partial charge >= 0.3 is 0 Å². The molecule has 2 heterocycles. The molecule has 0 unspecified atom stereocenters. The molecule has 0 saturated heterocycles. The lowest BCUT2D eigenvalue weighted by atomic mass is 10.2. The summed E-state index contributed by atoms with van der Waals surface area (Å²) in [4.78, 5) is 8.63. The van der Waals surface area contributed by atoms with Gasteiger partial charge in [0.1, 0.15) is 16.7 Å². The van der Waals surface area contributed by atoms with Crippen LogP contribution in [0.15, 0.2) is 18.3 Å². The maximum atomic E-state index is 5.97. The Morgan fingerprint density at radius 2 is 2.00 bits per heavy atom. The van der Waals surface area contributed by atoms with E-state index in [1.807, 2.05) is 33.2 Å². The van der Waals surface area contributed by atoms with Crippen molar-refractivity contribution in [2.24, 2.45) is 7.05 Å². The normalized spacial score (nSPS) is 11.1. The second kappa shape index (κ2) is 4.22. The predicted molar refractivity (Wildman–Crippen MR) is 63.3 cm³/mol. The lowest BCUT2D eigenvalue weighted by molar-refractivity contribution is 0.761. The van der Waals surface area contributed by atoms with Gasteiger partial charge in [-0.05, 0) is 6.07 Å². The Bertz CT molecular complexity index is 504. The van der Waals surface area contributed by atoms with Crippen LogP contribution in [0.5, 0.6) is 0 Å². The van der Waals surface area contributed by atoms with Gasteiger partial charge in [-0.2, -0.15) is 5.10 Å². The largest absolute Gasteiger partial charge is 0.275 e. The van der Waals surface area contributed by atoms with Crippen LogP contribution in [0.2, 0.25) is 5.15 Å². The summed E-state index contributed by atoms with van der Waals surface area (Å²) >= 11 is 5.97. The molecule has 0 aliphatic rings. The van der Waals surface area contributed by atoms with Gasteiger partial charge in [-0.3, -0.25) is 4.68 Å². The van der Waals surface area contributed by atoms with E-state index in [9.17, 15) is 0 Å². The van der Waals surface area contributed by atoms with Crippen LogP contribution in [-0.4, -0.2) is 19.7 Å². The summed E-state index contributed by atoms with van der Waals surface area (Å²) in [6.07, 6.45) is 1.88. The third-order valence-corrected chi connectivity index (χ3v) is 2.40. The Hall–Kier alpha value is -1.42. The first-order valence-electron chi connectivity index (χ1n) is 5.11. The summed E-state index contributed by atoms with van der Waals surface area (Å²) in [5.41, 5.74) is 1.58. The molecule has 2 rings (SSSR count). The average Bonchev–Trinajstić information content (AvgIpc) is 2.64. The first-order valence-corrected chi connectivity index (χ1v) is 5.48. The third-order valence-electron chi connectivity index (χ3n) is 2.20. The fourth-order valence-electron chi connectivity index (χ4n) is 1.38. The minimum atomic E-state index is 0.251. The summed E-state index contributed by atoms with van der Waals surface area (Å²) < 4.78 is 1.74. The molecule has 0 saturated carbocycles. The Labute approximate surface area is 99.3 Å². The zero-order valence-electron chi connectivity index (χ0n) is 9.48.